The highest BCUT2D eigenvalue weighted by Crippen LogP contribution is 2.17. The minimum Gasteiger partial charge on any atom is -0.478 e. The van der Waals surface area contributed by atoms with Gasteiger partial charge in [-0.05, 0) is 43.5 Å². The summed E-state index contributed by atoms with van der Waals surface area (Å²) < 4.78 is 0. The summed E-state index contributed by atoms with van der Waals surface area (Å²) in [6, 6.07) is 3.76. The molecule has 1 rings (SSSR count). The Labute approximate surface area is 95.6 Å². The first-order valence-electron chi connectivity index (χ1n) is 5.27. The van der Waals surface area contributed by atoms with Crippen molar-refractivity contribution in [1.29, 1.82) is 0 Å². The van der Waals surface area contributed by atoms with Crippen molar-refractivity contribution in [3.63, 3.8) is 0 Å². The molecule has 0 spiro atoms. The molecule has 1 aromatic carbocycles. The fourth-order valence-corrected chi connectivity index (χ4v) is 1.75. The maximum Gasteiger partial charge on any atom is 0.336 e. The van der Waals surface area contributed by atoms with Crippen LogP contribution in [0.3, 0.4) is 0 Å². The number of aryl methyl sites for hydroxylation is 2. The third-order valence-electron chi connectivity index (χ3n) is 2.41. The summed E-state index contributed by atoms with van der Waals surface area (Å²) in [5.41, 5.74) is 8.39. The predicted molar refractivity (Wildman–Crippen MR) is 65.6 cm³/mol. The summed E-state index contributed by atoms with van der Waals surface area (Å²) in [7, 11) is 0. The molecule has 0 radical (unpaired) electrons. The molecular formula is C13H17NO2. The van der Waals surface area contributed by atoms with E-state index in [0.29, 0.717) is 12.1 Å². The molecule has 0 atom stereocenters. The van der Waals surface area contributed by atoms with Crippen LogP contribution in [0, 0.1) is 13.8 Å². The van der Waals surface area contributed by atoms with Gasteiger partial charge >= 0.3 is 5.97 Å². The molecule has 0 unspecified atom stereocenters. The predicted octanol–water partition coefficient (Wildman–Crippen LogP) is 2.36. The van der Waals surface area contributed by atoms with Crippen LogP contribution in [0.25, 0.3) is 6.08 Å². The van der Waals surface area contributed by atoms with E-state index in [2.05, 4.69) is 0 Å². The third kappa shape index (κ3) is 2.94. The molecule has 0 saturated carbocycles. The quantitative estimate of drug-likeness (QED) is 0.817. The van der Waals surface area contributed by atoms with Gasteiger partial charge < -0.3 is 10.8 Å². The summed E-state index contributed by atoms with van der Waals surface area (Å²) in [6.45, 7) is 4.26. The average Bonchev–Trinajstić information content (AvgIpc) is 2.16. The zero-order chi connectivity index (χ0) is 12.1. The number of aromatic carboxylic acids is 1. The van der Waals surface area contributed by atoms with Gasteiger partial charge in [0, 0.05) is 0 Å². The third-order valence-corrected chi connectivity index (χ3v) is 2.41. The van der Waals surface area contributed by atoms with Crippen LogP contribution in [0.15, 0.2) is 18.2 Å². The molecule has 0 aliphatic heterocycles. The molecule has 0 saturated heterocycles. The largest absolute Gasteiger partial charge is 0.478 e. The first-order valence-corrected chi connectivity index (χ1v) is 5.27. The van der Waals surface area contributed by atoms with Crippen molar-refractivity contribution < 1.29 is 9.90 Å². The minimum atomic E-state index is -0.868. The van der Waals surface area contributed by atoms with E-state index in [9.17, 15) is 4.79 Å². The van der Waals surface area contributed by atoms with Gasteiger partial charge in [-0.2, -0.15) is 0 Å². The molecule has 16 heavy (non-hydrogen) atoms. The molecular weight excluding hydrogens is 202 g/mol. The van der Waals surface area contributed by atoms with E-state index in [1.54, 1.807) is 0 Å². The first-order chi connectivity index (χ1) is 7.56. The maximum atomic E-state index is 11.0. The van der Waals surface area contributed by atoms with E-state index in [1.807, 2.05) is 38.1 Å². The molecule has 0 bridgehead atoms. The van der Waals surface area contributed by atoms with Crippen molar-refractivity contribution in [3.8, 4) is 0 Å². The Kier molecular flexibility index (Phi) is 4.26. The van der Waals surface area contributed by atoms with Crippen molar-refractivity contribution in [2.45, 2.75) is 20.3 Å². The van der Waals surface area contributed by atoms with Gasteiger partial charge in [-0.3, -0.25) is 0 Å². The van der Waals surface area contributed by atoms with Crippen LogP contribution >= 0.6 is 0 Å². The standard InChI is InChI=1S/C13H17NO2/c1-9-7-11(5-3-4-6-14)8-10(2)12(9)13(15)16/h3,5,7-8H,4,6,14H2,1-2H3,(H,15,16). The molecule has 0 heterocycles. The van der Waals surface area contributed by atoms with E-state index in [0.717, 1.165) is 23.1 Å². The van der Waals surface area contributed by atoms with Crippen molar-refractivity contribution in [3.05, 3.63) is 40.5 Å². The second-order valence-corrected chi connectivity index (χ2v) is 3.81. The number of hydrogen-bond acceptors (Lipinski definition) is 2. The van der Waals surface area contributed by atoms with Gasteiger partial charge in [0.25, 0.3) is 0 Å². The van der Waals surface area contributed by atoms with E-state index in [-0.39, 0.29) is 0 Å². The number of benzene rings is 1. The molecule has 0 aromatic heterocycles. The highest BCUT2D eigenvalue weighted by molar-refractivity contribution is 5.91. The smallest absolute Gasteiger partial charge is 0.336 e. The minimum absolute atomic E-state index is 0.399. The van der Waals surface area contributed by atoms with Crippen molar-refractivity contribution in [1.82, 2.24) is 0 Å². The Bertz CT molecular complexity index is 399. The lowest BCUT2D eigenvalue weighted by Gasteiger charge is -2.06. The topological polar surface area (TPSA) is 63.3 Å². The molecule has 0 aliphatic carbocycles. The van der Waals surface area contributed by atoms with Gasteiger partial charge in [0.05, 0.1) is 5.56 Å². The van der Waals surface area contributed by atoms with Crippen LogP contribution < -0.4 is 5.73 Å². The molecule has 3 nitrogen and oxygen atoms in total. The van der Waals surface area contributed by atoms with Gasteiger partial charge in [0.15, 0.2) is 0 Å². The Balaban J connectivity index is 3.05. The van der Waals surface area contributed by atoms with Crippen LogP contribution in [0.5, 0.6) is 0 Å². The zero-order valence-corrected chi connectivity index (χ0v) is 9.66. The highest BCUT2D eigenvalue weighted by atomic mass is 16.4. The van der Waals surface area contributed by atoms with Gasteiger partial charge in [-0.15, -0.1) is 0 Å². The number of carboxylic acid groups (broad SMARTS) is 1. The Morgan fingerprint density at radius 1 is 1.38 bits per heavy atom. The second-order valence-electron chi connectivity index (χ2n) is 3.81. The summed E-state index contributed by atoms with van der Waals surface area (Å²) >= 11 is 0. The van der Waals surface area contributed by atoms with Crippen molar-refractivity contribution in [2.75, 3.05) is 6.54 Å². The average molecular weight is 219 g/mol. The van der Waals surface area contributed by atoms with Crippen LogP contribution in [-0.4, -0.2) is 17.6 Å². The lowest BCUT2D eigenvalue weighted by molar-refractivity contribution is 0.0695. The molecule has 0 amide bonds. The normalized spacial score (nSPS) is 10.9. The number of carboxylic acids is 1. The maximum absolute atomic E-state index is 11.0. The van der Waals surface area contributed by atoms with E-state index >= 15 is 0 Å². The molecule has 0 fully saturated rings. The molecule has 3 heteroatoms. The van der Waals surface area contributed by atoms with Gasteiger partial charge in [0.1, 0.15) is 0 Å². The van der Waals surface area contributed by atoms with Gasteiger partial charge in [-0.1, -0.05) is 24.3 Å². The number of hydrogen-bond donors (Lipinski definition) is 2. The van der Waals surface area contributed by atoms with Crippen LogP contribution in [0.2, 0.25) is 0 Å². The Morgan fingerprint density at radius 2 is 1.94 bits per heavy atom. The van der Waals surface area contributed by atoms with E-state index in [1.165, 1.54) is 0 Å². The number of nitrogens with two attached hydrogens (primary N) is 1. The summed E-state index contributed by atoms with van der Waals surface area (Å²) in [5, 5.41) is 9.02. The summed E-state index contributed by atoms with van der Waals surface area (Å²) in [4.78, 5) is 11.0. The SMILES string of the molecule is Cc1cc(C=CCCN)cc(C)c1C(=O)O. The van der Waals surface area contributed by atoms with Crippen LogP contribution in [-0.2, 0) is 0 Å². The Hall–Kier alpha value is -1.61. The summed E-state index contributed by atoms with van der Waals surface area (Å²) in [6.07, 6.45) is 4.80. The number of carbonyl (C=O) groups is 1. The number of rotatable bonds is 4. The van der Waals surface area contributed by atoms with Crippen LogP contribution in [0.4, 0.5) is 0 Å². The molecule has 0 aliphatic rings. The fraction of sp³-hybridized carbons (Fsp3) is 0.308. The summed E-state index contributed by atoms with van der Waals surface area (Å²) in [5.74, 6) is -0.868. The van der Waals surface area contributed by atoms with E-state index in [4.69, 9.17) is 10.8 Å². The molecule has 1 aromatic rings. The molecule has 3 N–H and O–H groups in total. The second kappa shape index (κ2) is 5.47. The monoisotopic (exact) mass is 219 g/mol. The fourth-order valence-electron chi connectivity index (χ4n) is 1.75. The zero-order valence-electron chi connectivity index (χ0n) is 9.66. The first kappa shape index (κ1) is 12.5. The highest BCUT2D eigenvalue weighted by Gasteiger charge is 2.10. The lowest BCUT2D eigenvalue weighted by atomic mass is 9.99. The van der Waals surface area contributed by atoms with Gasteiger partial charge in [0.2, 0.25) is 0 Å². The van der Waals surface area contributed by atoms with Crippen LogP contribution in [0.1, 0.15) is 33.5 Å². The van der Waals surface area contributed by atoms with E-state index < -0.39 is 5.97 Å². The van der Waals surface area contributed by atoms with Crippen molar-refractivity contribution in [2.24, 2.45) is 5.73 Å². The van der Waals surface area contributed by atoms with Gasteiger partial charge in [-0.25, -0.2) is 4.79 Å². The molecule has 86 valence electrons. The van der Waals surface area contributed by atoms with Crippen molar-refractivity contribution >= 4 is 12.0 Å². The lowest BCUT2D eigenvalue weighted by Crippen LogP contribution is -2.03. The Morgan fingerprint density at radius 3 is 2.38 bits per heavy atom.